The minimum absolute atomic E-state index is 0.00565. The van der Waals surface area contributed by atoms with E-state index >= 15 is 0 Å². The first-order valence-electron chi connectivity index (χ1n) is 11.5. The second-order valence-electron chi connectivity index (χ2n) is 8.61. The highest BCUT2D eigenvalue weighted by molar-refractivity contribution is 7.22. The van der Waals surface area contributed by atoms with Crippen molar-refractivity contribution < 1.29 is 18.7 Å². The maximum atomic E-state index is 13.8. The van der Waals surface area contributed by atoms with Crippen molar-refractivity contribution >= 4 is 43.6 Å². The van der Waals surface area contributed by atoms with Gasteiger partial charge in [-0.25, -0.2) is 4.98 Å². The zero-order valence-corrected chi connectivity index (χ0v) is 20.0. The van der Waals surface area contributed by atoms with Crippen LogP contribution in [-0.2, 0) is 4.74 Å². The van der Waals surface area contributed by atoms with Crippen LogP contribution < -0.4 is 9.64 Å². The standard InChI is InChI=1S/C26H28N2O4S/c1-4-30-20-11-5-8-17-14-21(32-24(17)20)25(29)28(15-18-9-7-13-31-18)26-27-23-19(16(2)3)10-6-12-22(23)33-26/h5-6,8,10-12,14,16,18H,4,7,9,13,15H2,1-3H3. The molecule has 1 aliphatic heterocycles. The topological polar surface area (TPSA) is 64.8 Å². The van der Waals surface area contributed by atoms with Crippen molar-refractivity contribution in [3.05, 3.63) is 53.8 Å². The van der Waals surface area contributed by atoms with Crippen LogP contribution in [0.2, 0.25) is 0 Å². The first-order chi connectivity index (χ1) is 16.0. The van der Waals surface area contributed by atoms with Gasteiger partial charge in [0.25, 0.3) is 5.91 Å². The fourth-order valence-electron chi connectivity index (χ4n) is 4.32. The Labute approximate surface area is 197 Å². The zero-order valence-electron chi connectivity index (χ0n) is 19.2. The molecule has 6 nitrogen and oxygen atoms in total. The van der Waals surface area contributed by atoms with Gasteiger partial charge in [-0.1, -0.05) is 49.4 Å². The lowest BCUT2D eigenvalue weighted by atomic mass is 10.0. The number of furan rings is 1. The molecule has 7 heteroatoms. The number of para-hydroxylation sites is 2. The molecule has 0 saturated carbocycles. The maximum Gasteiger partial charge on any atom is 0.295 e. The molecule has 0 aliphatic carbocycles. The number of carbonyl (C=O) groups excluding carboxylic acids is 1. The third-order valence-electron chi connectivity index (χ3n) is 5.97. The van der Waals surface area contributed by atoms with Gasteiger partial charge in [-0.3, -0.25) is 9.69 Å². The monoisotopic (exact) mass is 464 g/mol. The number of anilines is 1. The summed E-state index contributed by atoms with van der Waals surface area (Å²) in [7, 11) is 0. The average molecular weight is 465 g/mol. The van der Waals surface area contributed by atoms with Crippen molar-refractivity contribution in [3.63, 3.8) is 0 Å². The van der Waals surface area contributed by atoms with Gasteiger partial charge in [0.1, 0.15) is 0 Å². The Bertz CT molecular complexity index is 1290. The van der Waals surface area contributed by atoms with E-state index in [4.69, 9.17) is 18.9 Å². The molecule has 0 N–H and O–H groups in total. The highest BCUT2D eigenvalue weighted by Gasteiger charge is 2.29. The van der Waals surface area contributed by atoms with Crippen LogP contribution in [0.25, 0.3) is 21.2 Å². The zero-order chi connectivity index (χ0) is 22.9. The molecule has 0 radical (unpaired) electrons. The minimum Gasteiger partial charge on any atom is -0.490 e. The van der Waals surface area contributed by atoms with Crippen molar-refractivity contribution in [2.24, 2.45) is 0 Å². The fraction of sp³-hybridized carbons (Fsp3) is 0.385. The largest absolute Gasteiger partial charge is 0.490 e. The van der Waals surface area contributed by atoms with Crippen LogP contribution in [-0.4, -0.2) is 36.8 Å². The lowest BCUT2D eigenvalue weighted by Crippen LogP contribution is -2.37. The molecule has 2 aromatic carbocycles. The normalized spacial score (nSPS) is 16.2. The SMILES string of the molecule is CCOc1cccc2cc(C(=O)N(CC3CCCO3)c3nc4c(C(C)C)cccc4s3)oc12. The summed E-state index contributed by atoms with van der Waals surface area (Å²) in [6.45, 7) is 7.95. The molecule has 1 aliphatic rings. The number of thiazole rings is 1. The van der Waals surface area contributed by atoms with Crippen LogP contribution in [0.3, 0.4) is 0 Å². The van der Waals surface area contributed by atoms with Crippen molar-refractivity contribution in [1.82, 2.24) is 4.98 Å². The number of hydrogen-bond donors (Lipinski definition) is 0. The summed E-state index contributed by atoms with van der Waals surface area (Å²) in [4.78, 5) is 20.4. The molecule has 1 unspecified atom stereocenters. The van der Waals surface area contributed by atoms with Gasteiger partial charge in [-0.05, 0) is 49.4 Å². The number of hydrogen-bond acceptors (Lipinski definition) is 6. The Morgan fingerprint density at radius 2 is 2.12 bits per heavy atom. The van der Waals surface area contributed by atoms with Crippen molar-refractivity contribution in [1.29, 1.82) is 0 Å². The van der Waals surface area contributed by atoms with Crippen molar-refractivity contribution in [2.75, 3.05) is 24.7 Å². The summed E-state index contributed by atoms with van der Waals surface area (Å²) in [5.74, 6) is 1.05. The second-order valence-corrected chi connectivity index (χ2v) is 9.62. The number of ether oxygens (including phenoxy) is 2. The lowest BCUT2D eigenvalue weighted by molar-refractivity contribution is 0.0896. The van der Waals surface area contributed by atoms with Crippen LogP contribution in [0.15, 0.2) is 46.9 Å². The third kappa shape index (κ3) is 4.23. The average Bonchev–Trinajstić information content (AvgIpc) is 3.56. The molecule has 3 heterocycles. The third-order valence-corrected chi connectivity index (χ3v) is 7.01. The van der Waals surface area contributed by atoms with Crippen LogP contribution >= 0.6 is 11.3 Å². The molecule has 33 heavy (non-hydrogen) atoms. The van der Waals surface area contributed by atoms with E-state index in [-0.39, 0.29) is 17.8 Å². The minimum atomic E-state index is -0.214. The number of carbonyl (C=O) groups is 1. The molecule has 1 saturated heterocycles. The predicted octanol–water partition coefficient (Wildman–Crippen LogP) is 6.39. The molecular weight excluding hydrogens is 436 g/mol. The van der Waals surface area contributed by atoms with Crippen LogP contribution in [0.4, 0.5) is 5.13 Å². The van der Waals surface area contributed by atoms with Gasteiger partial charge in [0.05, 0.1) is 29.5 Å². The Morgan fingerprint density at radius 3 is 2.88 bits per heavy atom. The van der Waals surface area contributed by atoms with Gasteiger partial charge in [-0.15, -0.1) is 0 Å². The number of benzene rings is 2. The van der Waals surface area contributed by atoms with E-state index in [1.807, 2.05) is 25.1 Å². The molecule has 0 spiro atoms. The van der Waals surface area contributed by atoms with E-state index in [0.717, 1.165) is 35.1 Å². The van der Waals surface area contributed by atoms with Crippen LogP contribution in [0, 0.1) is 0 Å². The Morgan fingerprint density at radius 1 is 1.27 bits per heavy atom. The van der Waals surface area contributed by atoms with E-state index in [1.165, 1.54) is 16.9 Å². The molecular formula is C26H28N2O4S. The van der Waals surface area contributed by atoms with E-state index in [0.29, 0.717) is 35.5 Å². The molecule has 1 amide bonds. The number of fused-ring (bicyclic) bond motifs is 2. The summed E-state index contributed by atoms with van der Waals surface area (Å²) >= 11 is 1.53. The quantitative estimate of drug-likeness (QED) is 0.317. The van der Waals surface area contributed by atoms with Gasteiger partial charge in [-0.2, -0.15) is 0 Å². The highest BCUT2D eigenvalue weighted by atomic mass is 32.1. The van der Waals surface area contributed by atoms with Gasteiger partial charge < -0.3 is 13.9 Å². The molecule has 1 atom stereocenters. The summed E-state index contributed by atoms with van der Waals surface area (Å²) in [5, 5.41) is 1.51. The lowest BCUT2D eigenvalue weighted by Gasteiger charge is -2.22. The fourth-order valence-corrected chi connectivity index (χ4v) is 5.33. The number of amides is 1. The van der Waals surface area contributed by atoms with Gasteiger partial charge in [0.2, 0.25) is 0 Å². The van der Waals surface area contributed by atoms with Gasteiger partial charge >= 0.3 is 0 Å². The first kappa shape index (κ1) is 21.9. The molecule has 172 valence electrons. The second kappa shape index (κ2) is 9.15. The molecule has 2 aromatic heterocycles. The number of nitrogens with zero attached hydrogens (tertiary/aromatic N) is 2. The van der Waals surface area contributed by atoms with E-state index in [2.05, 4.69) is 32.0 Å². The summed E-state index contributed by atoms with van der Waals surface area (Å²) < 4.78 is 18.7. The van der Waals surface area contributed by atoms with E-state index in [1.54, 1.807) is 11.0 Å². The summed E-state index contributed by atoms with van der Waals surface area (Å²) in [5.41, 5.74) is 2.73. The predicted molar refractivity (Wildman–Crippen MR) is 132 cm³/mol. The molecule has 0 bridgehead atoms. The van der Waals surface area contributed by atoms with Crippen LogP contribution in [0.1, 0.15) is 55.6 Å². The van der Waals surface area contributed by atoms with Gasteiger partial charge in [0, 0.05) is 12.0 Å². The van der Waals surface area contributed by atoms with Crippen LogP contribution in [0.5, 0.6) is 5.75 Å². The first-order valence-corrected chi connectivity index (χ1v) is 12.3. The molecule has 1 fully saturated rings. The number of rotatable bonds is 7. The molecule has 5 rings (SSSR count). The Balaban J connectivity index is 1.56. The van der Waals surface area contributed by atoms with Crippen molar-refractivity contribution in [3.8, 4) is 5.75 Å². The van der Waals surface area contributed by atoms with Gasteiger partial charge in [0.15, 0.2) is 22.2 Å². The smallest absolute Gasteiger partial charge is 0.295 e. The summed E-state index contributed by atoms with van der Waals surface area (Å²) in [6.07, 6.45) is 1.93. The number of aromatic nitrogens is 1. The maximum absolute atomic E-state index is 13.8. The molecule has 4 aromatic rings. The Kier molecular flexibility index (Phi) is 6.08. The van der Waals surface area contributed by atoms with E-state index < -0.39 is 0 Å². The van der Waals surface area contributed by atoms with E-state index in [9.17, 15) is 4.79 Å². The summed E-state index contributed by atoms with van der Waals surface area (Å²) in [6, 6.07) is 13.7. The van der Waals surface area contributed by atoms with Crippen molar-refractivity contribution in [2.45, 2.75) is 45.6 Å². The highest BCUT2D eigenvalue weighted by Crippen LogP contribution is 2.36. The Hall–Kier alpha value is -2.90.